The highest BCUT2D eigenvalue weighted by molar-refractivity contribution is 5.79. The summed E-state index contributed by atoms with van der Waals surface area (Å²) in [5.74, 6) is 1.09. The maximum atomic E-state index is 12.1. The molecule has 28 heavy (non-hydrogen) atoms. The predicted octanol–water partition coefficient (Wildman–Crippen LogP) is 4.84. The average Bonchev–Trinajstić information content (AvgIpc) is 3.26. The predicted molar refractivity (Wildman–Crippen MR) is 109 cm³/mol. The van der Waals surface area contributed by atoms with Crippen LogP contribution in [0.5, 0.6) is 5.75 Å². The van der Waals surface area contributed by atoms with E-state index in [0.29, 0.717) is 11.5 Å². The number of allylic oxidation sites excluding steroid dienone is 4. The van der Waals surface area contributed by atoms with Crippen molar-refractivity contribution in [1.29, 1.82) is 0 Å². The first kappa shape index (κ1) is 19.2. The van der Waals surface area contributed by atoms with Crippen molar-refractivity contribution in [3.63, 3.8) is 0 Å². The van der Waals surface area contributed by atoms with Crippen LogP contribution in [-0.2, 0) is 4.79 Å². The lowest BCUT2D eigenvalue weighted by atomic mass is 10.1. The molecule has 0 atom stereocenters. The number of ether oxygens (including phenoxy) is 1. The van der Waals surface area contributed by atoms with E-state index in [4.69, 9.17) is 9.15 Å². The summed E-state index contributed by atoms with van der Waals surface area (Å²) >= 11 is 0. The molecule has 5 heteroatoms. The van der Waals surface area contributed by atoms with Crippen molar-refractivity contribution in [1.82, 2.24) is 10.3 Å². The van der Waals surface area contributed by atoms with E-state index in [0.717, 1.165) is 22.4 Å². The highest BCUT2D eigenvalue weighted by atomic mass is 16.5. The Morgan fingerprint density at radius 3 is 2.50 bits per heavy atom. The Kier molecular flexibility index (Phi) is 6.41. The fraction of sp³-hybridized carbons (Fsp3) is 0.130. The van der Waals surface area contributed by atoms with E-state index < -0.39 is 0 Å². The van der Waals surface area contributed by atoms with Crippen LogP contribution in [-0.4, -0.2) is 17.5 Å². The molecule has 0 spiro atoms. The van der Waals surface area contributed by atoms with Gasteiger partial charge in [-0.1, -0.05) is 36.4 Å². The molecule has 0 saturated carbocycles. The van der Waals surface area contributed by atoms with Crippen LogP contribution in [0.25, 0.3) is 16.9 Å². The summed E-state index contributed by atoms with van der Waals surface area (Å²) in [5, 5.41) is 2.82. The zero-order valence-electron chi connectivity index (χ0n) is 15.9. The van der Waals surface area contributed by atoms with E-state index in [2.05, 4.69) is 22.4 Å². The summed E-state index contributed by atoms with van der Waals surface area (Å²) in [6.45, 7) is 3.82. The lowest BCUT2D eigenvalue weighted by Gasteiger charge is -2.08. The molecule has 2 aromatic carbocycles. The van der Waals surface area contributed by atoms with Gasteiger partial charge in [-0.3, -0.25) is 4.79 Å². The van der Waals surface area contributed by atoms with Crippen LogP contribution in [0, 0.1) is 0 Å². The molecule has 0 aliphatic rings. The van der Waals surface area contributed by atoms with Crippen molar-refractivity contribution in [2.75, 3.05) is 6.61 Å². The molecule has 0 unspecified atom stereocenters. The minimum absolute atomic E-state index is 0.0613. The minimum atomic E-state index is -0.209. The molecule has 0 fully saturated rings. The molecule has 0 saturated heterocycles. The van der Waals surface area contributed by atoms with Gasteiger partial charge < -0.3 is 14.5 Å². The normalized spacial score (nSPS) is 11.9. The molecule has 0 radical (unpaired) electrons. The van der Waals surface area contributed by atoms with Crippen LogP contribution < -0.4 is 10.1 Å². The lowest BCUT2D eigenvalue weighted by Crippen LogP contribution is -2.27. The third-order valence-electron chi connectivity index (χ3n) is 4.09. The molecule has 3 aromatic rings. The van der Waals surface area contributed by atoms with Crippen molar-refractivity contribution >= 4 is 11.5 Å². The Bertz CT molecular complexity index is 957. The summed E-state index contributed by atoms with van der Waals surface area (Å²) in [6.07, 6.45) is 6.89. The first-order chi connectivity index (χ1) is 13.6. The van der Waals surface area contributed by atoms with Crippen LogP contribution in [0.15, 0.2) is 89.5 Å². The van der Waals surface area contributed by atoms with Crippen molar-refractivity contribution in [2.24, 2.45) is 0 Å². The Morgan fingerprint density at radius 2 is 1.82 bits per heavy atom. The molecule has 3 rings (SSSR count). The third-order valence-corrected chi connectivity index (χ3v) is 4.09. The standard InChI is InChI=1S/C23H22N2O3/c1-17(19-6-4-3-5-7-19)8-9-18(2)25-23(26)15-27-21-12-10-20(11-13-21)22-14-24-16-28-22/h3-14,16H,15H2,1-2H3,(H,25,26). The molecular formula is C23H22N2O3. The lowest BCUT2D eigenvalue weighted by molar-refractivity contribution is -0.122. The van der Waals surface area contributed by atoms with Crippen LogP contribution in [0.4, 0.5) is 0 Å². The number of oxazole rings is 1. The molecule has 1 aromatic heterocycles. The molecular weight excluding hydrogens is 352 g/mol. The van der Waals surface area contributed by atoms with Gasteiger partial charge in [0.1, 0.15) is 5.75 Å². The fourth-order valence-corrected chi connectivity index (χ4v) is 2.57. The van der Waals surface area contributed by atoms with Crippen molar-refractivity contribution in [2.45, 2.75) is 13.8 Å². The monoisotopic (exact) mass is 374 g/mol. The Labute approximate surface area is 164 Å². The highest BCUT2D eigenvalue weighted by Crippen LogP contribution is 2.21. The smallest absolute Gasteiger partial charge is 0.262 e. The molecule has 0 aliphatic carbocycles. The topological polar surface area (TPSA) is 64.4 Å². The number of benzene rings is 2. The maximum absolute atomic E-state index is 12.1. The minimum Gasteiger partial charge on any atom is -0.484 e. The molecule has 0 aliphatic heterocycles. The van der Waals surface area contributed by atoms with Gasteiger partial charge in [0.2, 0.25) is 0 Å². The number of carbonyl (C=O) groups excluding carboxylic acids is 1. The quantitative estimate of drug-likeness (QED) is 0.601. The van der Waals surface area contributed by atoms with Gasteiger partial charge >= 0.3 is 0 Å². The Morgan fingerprint density at radius 1 is 1.07 bits per heavy atom. The van der Waals surface area contributed by atoms with Crippen molar-refractivity contribution < 1.29 is 13.9 Å². The van der Waals surface area contributed by atoms with Crippen molar-refractivity contribution in [3.05, 3.63) is 90.6 Å². The van der Waals surface area contributed by atoms with Crippen LogP contribution in [0.3, 0.4) is 0 Å². The van der Waals surface area contributed by atoms with E-state index >= 15 is 0 Å². The van der Waals surface area contributed by atoms with Gasteiger partial charge in [-0.25, -0.2) is 4.98 Å². The van der Waals surface area contributed by atoms with Crippen LogP contribution in [0.2, 0.25) is 0 Å². The average molecular weight is 374 g/mol. The van der Waals surface area contributed by atoms with Crippen LogP contribution in [0.1, 0.15) is 19.4 Å². The van der Waals surface area contributed by atoms with Crippen molar-refractivity contribution in [3.8, 4) is 17.1 Å². The number of aromatic nitrogens is 1. The summed E-state index contributed by atoms with van der Waals surface area (Å²) < 4.78 is 10.8. The number of rotatable bonds is 7. The summed E-state index contributed by atoms with van der Waals surface area (Å²) in [4.78, 5) is 16.0. The van der Waals surface area contributed by atoms with E-state index in [9.17, 15) is 4.79 Å². The Hall–Kier alpha value is -3.60. The second-order valence-electron chi connectivity index (χ2n) is 6.29. The number of nitrogens with one attached hydrogen (secondary N) is 1. The summed E-state index contributed by atoms with van der Waals surface area (Å²) in [6, 6.07) is 17.4. The van der Waals surface area contributed by atoms with Gasteiger partial charge in [-0.2, -0.15) is 0 Å². The summed E-state index contributed by atoms with van der Waals surface area (Å²) in [5.41, 5.74) is 3.92. The molecule has 1 heterocycles. The summed E-state index contributed by atoms with van der Waals surface area (Å²) in [7, 11) is 0. The molecule has 1 amide bonds. The van der Waals surface area contributed by atoms with E-state index in [-0.39, 0.29) is 12.5 Å². The Balaban J connectivity index is 1.49. The molecule has 1 N–H and O–H groups in total. The SMILES string of the molecule is CC(=CC=C(C)c1ccccc1)NC(=O)COc1ccc(-c2cnco2)cc1. The molecule has 5 nitrogen and oxygen atoms in total. The largest absolute Gasteiger partial charge is 0.484 e. The number of hydrogen-bond donors (Lipinski definition) is 1. The molecule has 0 bridgehead atoms. The van der Waals surface area contributed by atoms with Gasteiger partial charge in [0.25, 0.3) is 5.91 Å². The number of carbonyl (C=O) groups is 1. The maximum Gasteiger partial charge on any atom is 0.262 e. The zero-order valence-corrected chi connectivity index (χ0v) is 15.9. The zero-order chi connectivity index (χ0) is 19.8. The first-order valence-electron chi connectivity index (χ1n) is 8.94. The van der Waals surface area contributed by atoms with Gasteiger partial charge in [-0.15, -0.1) is 0 Å². The second kappa shape index (κ2) is 9.37. The third kappa shape index (κ3) is 5.45. The highest BCUT2D eigenvalue weighted by Gasteiger charge is 2.05. The first-order valence-corrected chi connectivity index (χ1v) is 8.94. The van der Waals surface area contributed by atoms with Gasteiger partial charge in [-0.05, 0) is 55.3 Å². The second-order valence-corrected chi connectivity index (χ2v) is 6.29. The fourth-order valence-electron chi connectivity index (χ4n) is 2.57. The van der Waals surface area contributed by atoms with Gasteiger partial charge in [0.15, 0.2) is 18.8 Å². The van der Waals surface area contributed by atoms with Gasteiger partial charge in [0, 0.05) is 11.3 Å². The number of amides is 1. The van der Waals surface area contributed by atoms with E-state index in [1.165, 1.54) is 6.39 Å². The van der Waals surface area contributed by atoms with E-state index in [1.54, 1.807) is 18.3 Å². The number of nitrogens with zero attached hydrogens (tertiary/aromatic N) is 1. The van der Waals surface area contributed by atoms with Crippen LogP contribution >= 0.6 is 0 Å². The van der Waals surface area contributed by atoms with E-state index in [1.807, 2.05) is 56.3 Å². The van der Waals surface area contributed by atoms with Gasteiger partial charge in [0.05, 0.1) is 6.20 Å². The number of hydrogen-bond acceptors (Lipinski definition) is 4. The molecule has 142 valence electrons.